The Morgan fingerprint density at radius 3 is 2.11 bits per heavy atom. The van der Waals surface area contributed by atoms with Crippen molar-refractivity contribution in [2.24, 2.45) is 11.8 Å². The van der Waals surface area contributed by atoms with E-state index >= 15 is 0 Å². The highest BCUT2D eigenvalue weighted by Crippen LogP contribution is 2.41. The van der Waals surface area contributed by atoms with Crippen LogP contribution in [0, 0.1) is 11.8 Å². The SMILES string of the molecule is CCOC(=O)C1CCN(c2cc(C(F)(F)F)ccc2C2CCN(C(=O)C3CCN(C(C)(C)C)C3)CC2)CC1. The van der Waals surface area contributed by atoms with Gasteiger partial charge in [-0.25, -0.2) is 0 Å². The lowest BCUT2D eigenvalue weighted by Crippen LogP contribution is -2.44. The number of amides is 1. The largest absolute Gasteiger partial charge is 0.466 e. The number of nitrogens with zero attached hydrogens (tertiary/aromatic N) is 3. The summed E-state index contributed by atoms with van der Waals surface area (Å²) in [5.41, 5.74) is 0.926. The Bertz CT molecular complexity index is 991. The fourth-order valence-electron chi connectivity index (χ4n) is 6.20. The van der Waals surface area contributed by atoms with Crippen molar-refractivity contribution in [3.05, 3.63) is 29.3 Å². The Hall–Kier alpha value is -2.29. The van der Waals surface area contributed by atoms with E-state index in [9.17, 15) is 22.8 Å². The van der Waals surface area contributed by atoms with Gasteiger partial charge < -0.3 is 14.5 Å². The van der Waals surface area contributed by atoms with Gasteiger partial charge in [-0.3, -0.25) is 14.5 Å². The van der Waals surface area contributed by atoms with E-state index in [4.69, 9.17) is 4.74 Å². The summed E-state index contributed by atoms with van der Waals surface area (Å²) in [6.45, 7) is 12.6. The summed E-state index contributed by atoms with van der Waals surface area (Å²) in [7, 11) is 0. The van der Waals surface area contributed by atoms with Crippen molar-refractivity contribution in [1.29, 1.82) is 0 Å². The summed E-state index contributed by atoms with van der Waals surface area (Å²) >= 11 is 0. The molecule has 1 aromatic rings. The number of anilines is 1. The highest BCUT2D eigenvalue weighted by molar-refractivity contribution is 5.79. The van der Waals surface area contributed by atoms with Gasteiger partial charge in [0.15, 0.2) is 0 Å². The maximum atomic E-state index is 13.6. The van der Waals surface area contributed by atoms with Gasteiger partial charge in [0.05, 0.1) is 24.0 Å². The van der Waals surface area contributed by atoms with E-state index in [1.54, 1.807) is 13.0 Å². The van der Waals surface area contributed by atoms with Crippen LogP contribution in [0.25, 0.3) is 0 Å². The Kier molecular flexibility index (Phi) is 8.65. The van der Waals surface area contributed by atoms with Crippen LogP contribution in [0.4, 0.5) is 18.9 Å². The number of carbonyl (C=O) groups excluding carboxylic acids is 2. The minimum absolute atomic E-state index is 0.0214. The Labute approximate surface area is 224 Å². The molecule has 0 bridgehead atoms. The van der Waals surface area contributed by atoms with Crippen molar-refractivity contribution < 1.29 is 27.5 Å². The average Bonchev–Trinajstić information content (AvgIpc) is 3.39. The van der Waals surface area contributed by atoms with Crippen LogP contribution in [-0.2, 0) is 20.5 Å². The summed E-state index contributed by atoms with van der Waals surface area (Å²) in [6.07, 6.45) is -0.948. The molecule has 1 aromatic carbocycles. The van der Waals surface area contributed by atoms with Gasteiger partial charge in [0.25, 0.3) is 0 Å². The summed E-state index contributed by atoms with van der Waals surface area (Å²) < 4.78 is 46.0. The molecule has 4 rings (SSSR count). The quantitative estimate of drug-likeness (QED) is 0.477. The highest BCUT2D eigenvalue weighted by atomic mass is 19.4. The van der Waals surface area contributed by atoms with Crippen molar-refractivity contribution in [1.82, 2.24) is 9.80 Å². The Morgan fingerprint density at radius 1 is 0.921 bits per heavy atom. The van der Waals surface area contributed by atoms with Crippen molar-refractivity contribution >= 4 is 17.6 Å². The second kappa shape index (κ2) is 11.4. The van der Waals surface area contributed by atoms with E-state index in [1.807, 2.05) is 9.80 Å². The van der Waals surface area contributed by atoms with E-state index < -0.39 is 11.7 Å². The normalized spacial score (nSPS) is 22.7. The molecule has 9 heteroatoms. The van der Waals surface area contributed by atoms with Gasteiger partial charge in [0.2, 0.25) is 5.91 Å². The Balaban J connectivity index is 1.44. The number of halogens is 3. The molecule has 3 fully saturated rings. The van der Waals surface area contributed by atoms with Crippen LogP contribution in [-0.4, -0.2) is 73.1 Å². The second-order valence-corrected chi connectivity index (χ2v) is 12.0. The van der Waals surface area contributed by atoms with Gasteiger partial charge in [-0.2, -0.15) is 13.2 Å². The van der Waals surface area contributed by atoms with Gasteiger partial charge in [-0.05, 0) is 90.0 Å². The predicted molar refractivity (Wildman–Crippen MR) is 141 cm³/mol. The van der Waals surface area contributed by atoms with Crippen LogP contribution in [0.5, 0.6) is 0 Å². The molecule has 1 unspecified atom stereocenters. The number of carbonyl (C=O) groups is 2. The van der Waals surface area contributed by atoms with E-state index in [0.717, 1.165) is 37.9 Å². The van der Waals surface area contributed by atoms with Gasteiger partial charge >= 0.3 is 12.1 Å². The van der Waals surface area contributed by atoms with E-state index in [-0.39, 0.29) is 35.2 Å². The molecule has 3 aliphatic heterocycles. The third kappa shape index (κ3) is 6.46. The molecule has 3 aliphatic rings. The maximum absolute atomic E-state index is 13.6. The maximum Gasteiger partial charge on any atom is 0.416 e. The minimum Gasteiger partial charge on any atom is -0.466 e. The average molecular weight is 538 g/mol. The number of ether oxygens (including phenoxy) is 1. The number of alkyl halides is 3. The third-order valence-electron chi connectivity index (χ3n) is 8.55. The third-order valence-corrected chi connectivity index (χ3v) is 8.55. The fourth-order valence-corrected chi connectivity index (χ4v) is 6.20. The van der Waals surface area contributed by atoms with Crippen LogP contribution in [0.3, 0.4) is 0 Å². The van der Waals surface area contributed by atoms with Gasteiger partial charge in [-0.15, -0.1) is 0 Å². The summed E-state index contributed by atoms with van der Waals surface area (Å²) in [5.74, 6) is -0.105. The van der Waals surface area contributed by atoms with E-state index in [0.29, 0.717) is 51.3 Å². The molecule has 1 atom stereocenters. The smallest absolute Gasteiger partial charge is 0.416 e. The molecule has 0 aliphatic carbocycles. The van der Waals surface area contributed by atoms with Crippen molar-refractivity contribution in [2.75, 3.05) is 50.8 Å². The first kappa shape index (κ1) is 28.7. The lowest BCUT2D eigenvalue weighted by molar-refractivity contribution is -0.148. The number of hydrogen-bond acceptors (Lipinski definition) is 5. The second-order valence-electron chi connectivity index (χ2n) is 12.0. The molecule has 0 saturated carbocycles. The Morgan fingerprint density at radius 2 is 1.55 bits per heavy atom. The zero-order valence-corrected chi connectivity index (χ0v) is 23.1. The van der Waals surface area contributed by atoms with Crippen molar-refractivity contribution in [2.45, 2.75) is 77.4 Å². The van der Waals surface area contributed by atoms with Crippen molar-refractivity contribution in [3.63, 3.8) is 0 Å². The molecule has 0 aromatic heterocycles. The standard InChI is InChI=1S/C29H42F3N3O3/c1-5-38-27(37)21-10-13-33(14-11-21)25-18-23(29(30,31)32)6-7-24(25)20-8-15-34(16-9-20)26(36)22-12-17-35(19-22)28(2,3)4/h6-7,18,20-22H,5,8-17,19H2,1-4H3. The molecule has 3 saturated heterocycles. The number of piperidine rings is 2. The van der Waals surface area contributed by atoms with E-state index in [1.165, 1.54) is 12.1 Å². The zero-order chi connectivity index (χ0) is 27.7. The molecular weight excluding hydrogens is 495 g/mol. The first-order valence-corrected chi connectivity index (χ1v) is 14.0. The minimum atomic E-state index is -4.42. The number of likely N-dealkylation sites (tertiary alicyclic amines) is 2. The van der Waals surface area contributed by atoms with Crippen LogP contribution >= 0.6 is 0 Å². The summed E-state index contributed by atoms with van der Waals surface area (Å²) in [4.78, 5) is 31.7. The molecule has 0 radical (unpaired) electrons. The summed E-state index contributed by atoms with van der Waals surface area (Å²) in [5, 5.41) is 0. The number of hydrogen-bond donors (Lipinski definition) is 0. The number of benzene rings is 1. The molecule has 1 amide bonds. The lowest BCUT2D eigenvalue weighted by Gasteiger charge is -2.38. The monoisotopic (exact) mass is 537 g/mol. The predicted octanol–water partition coefficient (Wildman–Crippen LogP) is 5.31. The molecular formula is C29H42F3N3O3. The first-order chi connectivity index (χ1) is 17.9. The number of esters is 1. The molecule has 6 nitrogen and oxygen atoms in total. The first-order valence-electron chi connectivity index (χ1n) is 14.0. The zero-order valence-electron chi connectivity index (χ0n) is 23.1. The fraction of sp³-hybridized carbons (Fsp3) is 0.724. The van der Waals surface area contributed by atoms with Crippen LogP contribution in [0.2, 0.25) is 0 Å². The van der Waals surface area contributed by atoms with Gasteiger partial charge in [0.1, 0.15) is 0 Å². The molecule has 3 heterocycles. The van der Waals surface area contributed by atoms with Gasteiger partial charge in [0, 0.05) is 44.0 Å². The van der Waals surface area contributed by atoms with Crippen LogP contribution < -0.4 is 4.90 Å². The van der Waals surface area contributed by atoms with E-state index in [2.05, 4.69) is 25.7 Å². The highest BCUT2D eigenvalue weighted by Gasteiger charge is 2.38. The lowest BCUT2D eigenvalue weighted by atomic mass is 9.86. The number of rotatable bonds is 5. The van der Waals surface area contributed by atoms with Crippen molar-refractivity contribution in [3.8, 4) is 0 Å². The summed E-state index contributed by atoms with van der Waals surface area (Å²) in [6, 6.07) is 4.09. The van der Waals surface area contributed by atoms with Crippen LogP contribution in [0.15, 0.2) is 18.2 Å². The molecule has 0 spiro atoms. The molecule has 38 heavy (non-hydrogen) atoms. The molecule has 212 valence electrons. The van der Waals surface area contributed by atoms with Crippen LogP contribution in [0.1, 0.15) is 76.8 Å². The molecule has 0 N–H and O–H groups in total. The topological polar surface area (TPSA) is 53.1 Å². The van der Waals surface area contributed by atoms with Gasteiger partial charge in [-0.1, -0.05) is 6.07 Å².